The van der Waals surface area contributed by atoms with Crippen molar-refractivity contribution in [2.24, 2.45) is 5.92 Å². The fourth-order valence-electron chi connectivity index (χ4n) is 3.47. The lowest BCUT2D eigenvalue weighted by Gasteiger charge is -2.26. The van der Waals surface area contributed by atoms with Crippen LogP contribution in [0.4, 0.5) is 5.82 Å². The summed E-state index contributed by atoms with van der Waals surface area (Å²) in [7, 11) is 0. The molecule has 2 aromatic rings. The van der Waals surface area contributed by atoms with Crippen LogP contribution in [0.25, 0.3) is 11.0 Å². The van der Waals surface area contributed by atoms with Gasteiger partial charge in [-0.3, -0.25) is 0 Å². The van der Waals surface area contributed by atoms with Gasteiger partial charge in [-0.15, -0.1) is 12.4 Å². The van der Waals surface area contributed by atoms with E-state index < -0.39 is 0 Å². The van der Waals surface area contributed by atoms with Crippen LogP contribution in [0.5, 0.6) is 0 Å². The average Bonchev–Trinajstić information content (AvgIpc) is 2.88. The molecule has 120 valence electrons. The van der Waals surface area contributed by atoms with Crippen LogP contribution < -0.4 is 10.6 Å². The molecule has 1 unspecified atom stereocenters. The van der Waals surface area contributed by atoms with Gasteiger partial charge < -0.3 is 15.6 Å². The van der Waals surface area contributed by atoms with Crippen molar-refractivity contribution in [3.63, 3.8) is 0 Å². The topological polar surface area (TPSA) is 65.6 Å². The second kappa shape index (κ2) is 6.84. The highest BCUT2D eigenvalue weighted by Gasteiger charge is 2.22. The molecule has 22 heavy (non-hydrogen) atoms. The first-order chi connectivity index (χ1) is 10.4. The van der Waals surface area contributed by atoms with Crippen LogP contribution in [0, 0.1) is 5.92 Å². The van der Waals surface area contributed by atoms with Gasteiger partial charge in [-0.25, -0.2) is 9.97 Å². The largest absolute Gasteiger partial charge is 0.365 e. The second-order valence-corrected chi connectivity index (χ2v) is 6.45. The number of hydrogen-bond donors (Lipinski definition) is 3. The van der Waals surface area contributed by atoms with E-state index in [1.807, 2.05) is 0 Å². The van der Waals surface area contributed by atoms with Crippen LogP contribution in [-0.2, 0) is 6.42 Å². The zero-order valence-electron chi connectivity index (χ0n) is 12.8. The molecule has 2 aliphatic rings. The first kappa shape index (κ1) is 15.6. The molecule has 0 aromatic carbocycles. The lowest BCUT2D eigenvalue weighted by atomic mass is 9.81. The summed E-state index contributed by atoms with van der Waals surface area (Å²) < 4.78 is 0. The summed E-state index contributed by atoms with van der Waals surface area (Å²) in [5.41, 5.74) is 2.34. The maximum Gasteiger partial charge on any atom is 0.143 e. The first-order valence-electron chi connectivity index (χ1n) is 8.18. The van der Waals surface area contributed by atoms with Gasteiger partial charge >= 0.3 is 0 Å². The number of aromatic nitrogens is 3. The number of H-pyrrole nitrogens is 1. The molecular formula is C16H24ClN5. The zero-order valence-corrected chi connectivity index (χ0v) is 13.6. The number of nitrogens with zero attached hydrogens (tertiary/aromatic N) is 2. The summed E-state index contributed by atoms with van der Waals surface area (Å²) in [5.74, 6) is 1.86. The number of fused-ring (bicyclic) bond motifs is 1. The van der Waals surface area contributed by atoms with Gasteiger partial charge in [0.05, 0.1) is 5.39 Å². The maximum absolute atomic E-state index is 4.51. The molecule has 1 aliphatic carbocycles. The summed E-state index contributed by atoms with van der Waals surface area (Å²) in [4.78, 5) is 12.2. The molecule has 5 nitrogen and oxygen atoms in total. The molecule has 0 radical (unpaired) electrons. The summed E-state index contributed by atoms with van der Waals surface area (Å²) in [6.45, 7) is 2.16. The molecule has 3 heterocycles. The van der Waals surface area contributed by atoms with Crippen molar-refractivity contribution in [1.29, 1.82) is 0 Å². The number of halogens is 1. The molecule has 2 fully saturated rings. The van der Waals surface area contributed by atoms with Crippen molar-refractivity contribution in [2.75, 3.05) is 18.4 Å². The van der Waals surface area contributed by atoms with Crippen LogP contribution in [0.15, 0.2) is 12.5 Å². The van der Waals surface area contributed by atoms with E-state index >= 15 is 0 Å². The monoisotopic (exact) mass is 321 g/mol. The SMILES string of the molecule is Cl.c1nc(NC2CCCNC2)c2c(CC3CCC3)c[nH]c2n1. The normalized spacial score (nSPS) is 22.1. The van der Waals surface area contributed by atoms with E-state index in [1.165, 1.54) is 43.1 Å². The Balaban J connectivity index is 0.00000144. The Kier molecular flexibility index (Phi) is 4.84. The Morgan fingerprint density at radius 2 is 2.09 bits per heavy atom. The van der Waals surface area contributed by atoms with E-state index in [2.05, 4.69) is 31.8 Å². The Hall–Kier alpha value is -1.33. The molecule has 4 rings (SSSR count). The summed E-state index contributed by atoms with van der Waals surface area (Å²) in [6.07, 6.45) is 11.5. The third-order valence-corrected chi connectivity index (χ3v) is 4.92. The predicted octanol–water partition coefficient (Wildman–Crippen LogP) is 2.89. The Morgan fingerprint density at radius 1 is 1.18 bits per heavy atom. The number of piperidine rings is 1. The molecule has 1 saturated carbocycles. The minimum atomic E-state index is 0. The lowest BCUT2D eigenvalue weighted by molar-refractivity contribution is 0.315. The zero-order chi connectivity index (χ0) is 14.1. The highest BCUT2D eigenvalue weighted by atomic mass is 35.5. The lowest BCUT2D eigenvalue weighted by Crippen LogP contribution is -2.38. The van der Waals surface area contributed by atoms with Gasteiger partial charge in [-0.1, -0.05) is 19.3 Å². The first-order valence-corrected chi connectivity index (χ1v) is 8.18. The van der Waals surface area contributed by atoms with Crippen molar-refractivity contribution in [3.05, 3.63) is 18.1 Å². The van der Waals surface area contributed by atoms with Gasteiger partial charge in [0.1, 0.15) is 17.8 Å². The average molecular weight is 322 g/mol. The number of nitrogens with one attached hydrogen (secondary N) is 3. The second-order valence-electron chi connectivity index (χ2n) is 6.45. The smallest absolute Gasteiger partial charge is 0.143 e. The van der Waals surface area contributed by atoms with Crippen molar-refractivity contribution in [1.82, 2.24) is 20.3 Å². The third kappa shape index (κ3) is 3.06. The molecule has 1 aliphatic heterocycles. The van der Waals surface area contributed by atoms with E-state index in [9.17, 15) is 0 Å². The van der Waals surface area contributed by atoms with Gasteiger partial charge in [0.15, 0.2) is 0 Å². The molecule has 0 spiro atoms. The molecule has 0 amide bonds. The Morgan fingerprint density at radius 3 is 2.82 bits per heavy atom. The number of hydrogen-bond acceptors (Lipinski definition) is 4. The van der Waals surface area contributed by atoms with E-state index in [0.717, 1.165) is 36.9 Å². The molecular weight excluding hydrogens is 298 g/mol. The fourth-order valence-corrected chi connectivity index (χ4v) is 3.47. The molecule has 0 bridgehead atoms. The number of rotatable bonds is 4. The Bertz CT molecular complexity index is 616. The van der Waals surface area contributed by atoms with E-state index in [0.29, 0.717) is 6.04 Å². The predicted molar refractivity (Wildman–Crippen MR) is 91.7 cm³/mol. The maximum atomic E-state index is 4.51. The fraction of sp³-hybridized carbons (Fsp3) is 0.625. The van der Waals surface area contributed by atoms with Gasteiger partial charge in [0.25, 0.3) is 0 Å². The minimum Gasteiger partial charge on any atom is -0.365 e. The minimum absolute atomic E-state index is 0. The highest BCUT2D eigenvalue weighted by Crippen LogP contribution is 2.33. The molecule has 3 N–H and O–H groups in total. The highest BCUT2D eigenvalue weighted by molar-refractivity contribution is 5.90. The standard InChI is InChI=1S/C16H23N5.ClH/c1-3-11(4-1)7-12-8-18-15-14(12)16(20-10-19-15)21-13-5-2-6-17-9-13;/h8,10-11,13,17H,1-7,9H2,(H2,18,19,20,21);1H. The summed E-state index contributed by atoms with van der Waals surface area (Å²) >= 11 is 0. The van der Waals surface area contributed by atoms with Crippen molar-refractivity contribution >= 4 is 29.3 Å². The molecule has 6 heteroatoms. The van der Waals surface area contributed by atoms with Crippen LogP contribution in [0.1, 0.15) is 37.7 Å². The van der Waals surface area contributed by atoms with Crippen LogP contribution in [0.2, 0.25) is 0 Å². The van der Waals surface area contributed by atoms with Gasteiger partial charge in [0, 0.05) is 18.8 Å². The van der Waals surface area contributed by atoms with Gasteiger partial charge in [-0.2, -0.15) is 0 Å². The van der Waals surface area contributed by atoms with Crippen LogP contribution in [-0.4, -0.2) is 34.1 Å². The van der Waals surface area contributed by atoms with Crippen molar-refractivity contribution in [3.8, 4) is 0 Å². The van der Waals surface area contributed by atoms with Gasteiger partial charge in [-0.05, 0) is 37.3 Å². The van der Waals surface area contributed by atoms with Crippen molar-refractivity contribution in [2.45, 2.75) is 44.6 Å². The summed E-state index contributed by atoms with van der Waals surface area (Å²) in [5, 5.41) is 8.28. The molecule has 1 saturated heterocycles. The molecule has 1 atom stereocenters. The quantitative estimate of drug-likeness (QED) is 0.810. The van der Waals surface area contributed by atoms with Crippen LogP contribution in [0.3, 0.4) is 0 Å². The number of aromatic amines is 1. The van der Waals surface area contributed by atoms with Gasteiger partial charge in [0.2, 0.25) is 0 Å². The number of anilines is 1. The Labute approximate surface area is 137 Å². The van der Waals surface area contributed by atoms with Crippen LogP contribution >= 0.6 is 12.4 Å². The van der Waals surface area contributed by atoms with Crippen molar-refractivity contribution < 1.29 is 0 Å². The summed E-state index contributed by atoms with van der Waals surface area (Å²) in [6, 6.07) is 0.475. The van der Waals surface area contributed by atoms with E-state index in [-0.39, 0.29) is 12.4 Å². The van der Waals surface area contributed by atoms with E-state index in [4.69, 9.17) is 0 Å². The third-order valence-electron chi connectivity index (χ3n) is 4.92. The van der Waals surface area contributed by atoms with E-state index in [1.54, 1.807) is 6.33 Å². The molecule has 2 aromatic heterocycles.